The zero-order valence-electron chi connectivity index (χ0n) is 13.8. The summed E-state index contributed by atoms with van der Waals surface area (Å²) in [6.45, 7) is 2.01. The number of carbonyl (C=O) groups excluding carboxylic acids is 2. The lowest BCUT2D eigenvalue weighted by Crippen LogP contribution is -2.37. The summed E-state index contributed by atoms with van der Waals surface area (Å²) in [5.41, 5.74) is 1.30. The lowest BCUT2D eigenvalue weighted by atomic mass is 10.1. The van der Waals surface area contributed by atoms with Crippen molar-refractivity contribution in [1.82, 2.24) is 15.2 Å². The second-order valence-electron chi connectivity index (χ2n) is 5.99. The maximum absolute atomic E-state index is 12.2. The molecule has 25 heavy (non-hydrogen) atoms. The number of piperidine rings is 1. The molecule has 0 bridgehead atoms. The molecule has 1 aromatic carbocycles. The van der Waals surface area contributed by atoms with E-state index in [4.69, 9.17) is 11.6 Å². The third kappa shape index (κ3) is 4.80. The molecule has 2 heterocycles. The smallest absolute Gasteiger partial charge is 0.270 e. The SMILES string of the molecule is O=C(NCCC(=O)N1CCCCC1)c1csc(-c2ccc(Cl)cc2)n1. The molecule has 1 aliphatic heterocycles. The van der Waals surface area contributed by atoms with E-state index in [0.29, 0.717) is 23.7 Å². The Balaban J connectivity index is 1.50. The molecule has 0 unspecified atom stereocenters. The highest BCUT2D eigenvalue weighted by molar-refractivity contribution is 7.13. The molecule has 0 atom stereocenters. The average Bonchev–Trinajstić information content (AvgIpc) is 3.13. The van der Waals surface area contributed by atoms with Crippen LogP contribution in [0.5, 0.6) is 0 Å². The van der Waals surface area contributed by atoms with Gasteiger partial charge < -0.3 is 10.2 Å². The molecule has 7 heteroatoms. The first-order valence-corrected chi connectivity index (χ1v) is 9.67. The number of carbonyl (C=O) groups is 2. The predicted octanol–water partition coefficient (Wildman–Crippen LogP) is 3.60. The largest absolute Gasteiger partial charge is 0.350 e. The van der Waals surface area contributed by atoms with Crippen LogP contribution in [0, 0.1) is 0 Å². The van der Waals surface area contributed by atoms with Crippen LogP contribution in [0.15, 0.2) is 29.6 Å². The number of hydrogen-bond donors (Lipinski definition) is 1. The summed E-state index contributed by atoms with van der Waals surface area (Å²) in [5.74, 6) is -0.136. The van der Waals surface area contributed by atoms with Gasteiger partial charge in [0, 0.05) is 42.0 Å². The minimum Gasteiger partial charge on any atom is -0.350 e. The molecule has 2 amide bonds. The van der Waals surface area contributed by atoms with Gasteiger partial charge in [-0.1, -0.05) is 23.7 Å². The van der Waals surface area contributed by atoms with Crippen LogP contribution in [-0.4, -0.2) is 41.3 Å². The van der Waals surface area contributed by atoms with Crippen molar-refractivity contribution in [1.29, 1.82) is 0 Å². The lowest BCUT2D eigenvalue weighted by Gasteiger charge is -2.26. The van der Waals surface area contributed by atoms with Gasteiger partial charge in [-0.3, -0.25) is 9.59 Å². The van der Waals surface area contributed by atoms with Crippen LogP contribution in [0.1, 0.15) is 36.2 Å². The molecular weight excluding hydrogens is 358 g/mol. The van der Waals surface area contributed by atoms with Crippen LogP contribution in [0.3, 0.4) is 0 Å². The molecule has 0 saturated carbocycles. The van der Waals surface area contributed by atoms with Crippen LogP contribution in [-0.2, 0) is 4.79 Å². The van der Waals surface area contributed by atoms with E-state index in [0.717, 1.165) is 36.5 Å². The van der Waals surface area contributed by atoms with Crippen molar-refractivity contribution in [3.8, 4) is 10.6 Å². The van der Waals surface area contributed by atoms with Crippen LogP contribution in [0.4, 0.5) is 0 Å². The molecule has 1 saturated heterocycles. The lowest BCUT2D eigenvalue weighted by molar-refractivity contribution is -0.131. The third-order valence-corrected chi connectivity index (χ3v) is 5.30. The fraction of sp³-hybridized carbons (Fsp3) is 0.389. The first kappa shape index (κ1) is 17.9. The monoisotopic (exact) mass is 377 g/mol. The highest BCUT2D eigenvalue weighted by Crippen LogP contribution is 2.25. The molecule has 2 aromatic rings. The maximum atomic E-state index is 12.2. The Morgan fingerprint density at radius 1 is 1.16 bits per heavy atom. The van der Waals surface area contributed by atoms with Crippen LogP contribution in [0.25, 0.3) is 10.6 Å². The number of nitrogens with one attached hydrogen (secondary N) is 1. The molecule has 3 rings (SSSR count). The highest BCUT2D eigenvalue weighted by Gasteiger charge is 2.17. The maximum Gasteiger partial charge on any atom is 0.270 e. The van der Waals surface area contributed by atoms with Crippen molar-refractivity contribution in [2.75, 3.05) is 19.6 Å². The number of rotatable bonds is 5. The van der Waals surface area contributed by atoms with E-state index in [1.807, 2.05) is 17.0 Å². The fourth-order valence-corrected chi connectivity index (χ4v) is 3.71. The standard InChI is InChI=1S/C18H20ClN3O2S/c19-14-6-4-13(5-7-14)18-21-15(12-25-18)17(24)20-9-8-16(23)22-10-2-1-3-11-22/h4-7,12H,1-3,8-11H2,(H,20,24). The molecule has 132 valence electrons. The predicted molar refractivity (Wildman–Crippen MR) is 99.9 cm³/mol. The van der Waals surface area contributed by atoms with Gasteiger partial charge in [-0.25, -0.2) is 4.98 Å². The van der Waals surface area contributed by atoms with Gasteiger partial charge >= 0.3 is 0 Å². The Morgan fingerprint density at radius 2 is 1.88 bits per heavy atom. The summed E-state index contributed by atoms with van der Waals surface area (Å²) in [5, 5.41) is 5.94. The summed E-state index contributed by atoms with van der Waals surface area (Å²) in [7, 11) is 0. The fourth-order valence-electron chi connectivity index (χ4n) is 2.78. The van der Waals surface area contributed by atoms with Crippen LogP contribution >= 0.6 is 22.9 Å². The van der Waals surface area contributed by atoms with Gasteiger partial charge in [-0.2, -0.15) is 0 Å². The van der Waals surface area contributed by atoms with E-state index < -0.39 is 0 Å². The molecule has 1 aliphatic rings. The number of hydrogen-bond acceptors (Lipinski definition) is 4. The number of halogens is 1. The van der Waals surface area contributed by atoms with E-state index in [1.165, 1.54) is 17.8 Å². The summed E-state index contributed by atoms with van der Waals surface area (Å²) in [6, 6.07) is 7.34. The minimum atomic E-state index is -0.247. The Labute approximate surface area is 156 Å². The van der Waals surface area contributed by atoms with Gasteiger partial charge in [0.25, 0.3) is 5.91 Å². The number of nitrogens with zero attached hydrogens (tertiary/aromatic N) is 2. The van der Waals surface area contributed by atoms with Crippen molar-refractivity contribution < 1.29 is 9.59 Å². The quantitative estimate of drug-likeness (QED) is 0.865. The van der Waals surface area contributed by atoms with Gasteiger partial charge in [0.2, 0.25) is 5.91 Å². The van der Waals surface area contributed by atoms with Crippen molar-refractivity contribution in [2.45, 2.75) is 25.7 Å². The average molecular weight is 378 g/mol. The number of likely N-dealkylation sites (tertiary alicyclic amines) is 1. The number of amides is 2. The Morgan fingerprint density at radius 3 is 2.60 bits per heavy atom. The normalized spacial score (nSPS) is 14.4. The molecule has 0 radical (unpaired) electrons. The van der Waals surface area contributed by atoms with E-state index in [1.54, 1.807) is 17.5 Å². The van der Waals surface area contributed by atoms with E-state index in [2.05, 4.69) is 10.3 Å². The third-order valence-electron chi connectivity index (χ3n) is 4.16. The number of thiazole rings is 1. The van der Waals surface area contributed by atoms with Crippen molar-refractivity contribution in [3.05, 3.63) is 40.4 Å². The zero-order valence-corrected chi connectivity index (χ0v) is 15.4. The van der Waals surface area contributed by atoms with Crippen molar-refractivity contribution in [3.63, 3.8) is 0 Å². The summed E-state index contributed by atoms with van der Waals surface area (Å²) in [6.07, 6.45) is 3.68. The van der Waals surface area contributed by atoms with Crippen LogP contribution < -0.4 is 5.32 Å². The highest BCUT2D eigenvalue weighted by atomic mass is 35.5. The van der Waals surface area contributed by atoms with Gasteiger partial charge in [0.05, 0.1) is 0 Å². The first-order valence-electron chi connectivity index (χ1n) is 8.41. The van der Waals surface area contributed by atoms with Crippen molar-refractivity contribution >= 4 is 34.8 Å². The number of aromatic nitrogens is 1. The second-order valence-corrected chi connectivity index (χ2v) is 7.29. The van der Waals surface area contributed by atoms with Crippen LogP contribution in [0.2, 0.25) is 5.02 Å². The van der Waals surface area contributed by atoms with Gasteiger partial charge in [0.1, 0.15) is 10.7 Å². The minimum absolute atomic E-state index is 0.111. The first-order chi connectivity index (χ1) is 12.1. The Hall–Kier alpha value is -1.92. The van der Waals surface area contributed by atoms with Gasteiger partial charge in [-0.05, 0) is 31.4 Å². The van der Waals surface area contributed by atoms with E-state index in [-0.39, 0.29) is 11.8 Å². The molecule has 0 spiro atoms. The van der Waals surface area contributed by atoms with Gasteiger partial charge in [0.15, 0.2) is 0 Å². The Bertz CT molecular complexity index is 739. The molecule has 1 N–H and O–H groups in total. The van der Waals surface area contributed by atoms with Gasteiger partial charge in [-0.15, -0.1) is 11.3 Å². The topological polar surface area (TPSA) is 62.3 Å². The van der Waals surface area contributed by atoms with Crippen molar-refractivity contribution in [2.24, 2.45) is 0 Å². The van der Waals surface area contributed by atoms with E-state index in [9.17, 15) is 9.59 Å². The summed E-state index contributed by atoms with van der Waals surface area (Å²) >= 11 is 7.29. The second kappa shape index (κ2) is 8.45. The molecule has 0 aliphatic carbocycles. The molecule has 5 nitrogen and oxygen atoms in total. The molecular formula is C18H20ClN3O2S. The molecule has 1 aromatic heterocycles. The Kier molecular flexibility index (Phi) is 6.04. The summed E-state index contributed by atoms with van der Waals surface area (Å²) in [4.78, 5) is 30.5. The zero-order chi connectivity index (χ0) is 17.6. The summed E-state index contributed by atoms with van der Waals surface area (Å²) < 4.78 is 0. The molecule has 1 fully saturated rings. The number of benzene rings is 1. The van der Waals surface area contributed by atoms with E-state index >= 15 is 0 Å².